The van der Waals surface area contributed by atoms with E-state index in [0.717, 1.165) is 28.2 Å². The van der Waals surface area contributed by atoms with E-state index in [2.05, 4.69) is 25.5 Å². The summed E-state index contributed by atoms with van der Waals surface area (Å²) in [5.74, 6) is 0.772. The third-order valence-electron chi connectivity index (χ3n) is 2.73. The van der Waals surface area contributed by atoms with Crippen LogP contribution in [0.15, 0.2) is 30.5 Å². The van der Waals surface area contributed by atoms with Gasteiger partial charge in [0.05, 0.1) is 22.9 Å². The van der Waals surface area contributed by atoms with Gasteiger partial charge in [0, 0.05) is 13.1 Å². The molecule has 2 heterocycles. The normalized spacial score (nSPS) is 10.9. The fourth-order valence-corrected chi connectivity index (χ4v) is 1.88. The molecule has 3 rings (SSSR count). The molecule has 0 amide bonds. The molecule has 0 radical (unpaired) electrons. The lowest BCUT2D eigenvalue weighted by Crippen LogP contribution is -2.13. The summed E-state index contributed by atoms with van der Waals surface area (Å²) in [6.45, 7) is 1.28. The van der Waals surface area contributed by atoms with Crippen LogP contribution in [0.5, 0.6) is 0 Å². The molecular weight excluding hydrogens is 228 g/mol. The van der Waals surface area contributed by atoms with Crippen LogP contribution in [0.3, 0.4) is 0 Å². The number of nitrogens with two attached hydrogens (primary N) is 1. The van der Waals surface area contributed by atoms with Gasteiger partial charge >= 0.3 is 0 Å². The Balaban J connectivity index is 2.01. The van der Waals surface area contributed by atoms with E-state index in [0.29, 0.717) is 13.1 Å². The fourth-order valence-electron chi connectivity index (χ4n) is 1.88. The summed E-state index contributed by atoms with van der Waals surface area (Å²) in [7, 11) is 0. The van der Waals surface area contributed by atoms with Crippen LogP contribution in [0.1, 0.15) is 0 Å². The first-order valence-corrected chi connectivity index (χ1v) is 5.81. The second-order valence-corrected chi connectivity index (χ2v) is 3.98. The van der Waals surface area contributed by atoms with Crippen molar-refractivity contribution in [3.05, 3.63) is 30.5 Å². The van der Waals surface area contributed by atoms with Crippen molar-refractivity contribution in [3.8, 4) is 11.5 Å². The number of anilines is 1. The van der Waals surface area contributed by atoms with Crippen molar-refractivity contribution >= 4 is 16.7 Å². The Morgan fingerprint density at radius 1 is 1.28 bits per heavy atom. The van der Waals surface area contributed by atoms with Crippen LogP contribution in [-0.2, 0) is 0 Å². The van der Waals surface area contributed by atoms with Crippen molar-refractivity contribution in [3.63, 3.8) is 0 Å². The quantitative estimate of drug-likeness (QED) is 0.555. The summed E-state index contributed by atoms with van der Waals surface area (Å²) < 4.78 is 0. The number of hydrogen-bond acceptors (Lipinski definition) is 4. The lowest BCUT2D eigenvalue weighted by atomic mass is 10.3. The molecule has 0 aliphatic rings. The first-order chi connectivity index (χ1) is 8.88. The molecule has 0 unspecified atom stereocenters. The Morgan fingerprint density at radius 2 is 2.17 bits per heavy atom. The van der Waals surface area contributed by atoms with Gasteiger partial charge in [-0.05, 0) is 12.1 Å². The Kier molecular flexibility index (Phi) is 2.70. The number of imidazole rings is 1. The molecule has 6 nitrogen and oxygen atoms in total. The molecule has 0 saturated heterocycles. The van der Waals surface area contributed by atoms with Gasteiger partial charge in [-0.25, -0.2) is 4.98 Å². The van der Waals surface area contributed by atoms with Crippen LogP contribution in [0.2, 0.25) is 0 Å². The zero-order valence-corrected chi connectivity index (χ0v) is 9.77. The number of benzene rings is 1. The maximum atomic E-state index is 5.48. The van der Waals surface area contributed by atoms with Gasteiger partial charge in [-0.3, -0.25) is 5.10 Å². The number of aromatic nitrogens is 4. The molecule has 0 bridgehead atoms. The van der Waals surface area contributed by atoms with Gasteiger partial charge in [0.1, 0.15) is 5.69 Å². The lowest BCUT2D eigenvalue weighted by Gasteiger charge is -2.02. The third-order valence-corrected chi connectivity index (χ3v) is 2.73. The highest BCUT2D eigenvalue weighted by atomic mass is 15.2. The number of aromatic amines is 2. The first-order valence-electron chi connectivity index (χ1n) is 5.81. The van der Waals surface area contributed by atoms with E-state index in [4.69, 9.17) is 5.73 Å². The molecule has 0 atom stereocenters. The van der Waals surface area contributed by atoms with Gasteiger partial charge < -0.3 is 16.0 Å². The number of rotatable bonds is 4. The predicted octanol–water partition coefficient (Wildman–Crippen LogP) is 1.32. The van der Waals surface area contributed by atoms with Gasteiger partial charge in [-0.2, -0.15) is 5.10 Å². The van der Waals surface area contributed by atoms with Crippen molar-refractivity contribution in [2.45, 2.75) is 0 Å². The standard InChI is InChI=1S/C12H14N6/c13-5-6-14-10-7-15-18-11(10)12-16-8-3-1-2-4-9(8)17-12/h1-4,7,14H,5-6,13H2,(H,15,18)(H,16,17). The Morgan fingerprint density at radius 3 is 3.00 bits per heavy atom. The molecule has 6 heteroatoms. The van der Waals surface area contributed by atoms with Crippen LogP contribution in [0.25, 0.3) is 22.6 Å². The Hall–Kier alpha value is -2.34. The van der Waals surface area contributed by atoms with Crippen LogP contribution in [0, 0.1) is 0 Å². The summed E-state index contributed by atoms with van der Waals surface area (Å²) in [6.07, 6.45) is 1.73. The SMILES string of the molecule is NCCNc1cn[nH]c1-c1nc2ccccc2[nH]1. The number of H-pyrrole nitrogens is 2. The van der Waals surface area contributed by atoms with Crippen molar-refractivity contribution < 1.29 is 0 Å². The highest BCUT2D eigenvalue weighted by molar-refractivity contribution is 5.81. The number of para-hydroxylation sites is 2. The number of nitrogens with one attached hydrogen (secondary N) is 3. The van der Waals surface area contributed by atoms with Crippen molar-refractivity contribution in [2.24, 2.45) is 5.73 Å². The highest BCUT2D eigenvalue weighted by Crippen LogP contribution is 2.24. The van der Waals surface area contributed by atoms with Crippen LogP contribution in [0.4, 0.5) is 5.69 Å². The van der Waals surface area contributed by atoms with Gasteiger partial charge in [0.25, 0.3) is 0 Å². The zero-order valence-electron chi connectivity index (χ0n) is 9.77. The van der Waals surface area contributed by atoms with Crippen molar-refractivity contribution in [1.82, 2.24) is 20.2 Å². The van der Waals surface area contributed by atoms with Gasteiger partial charge in [-0.1, -0.05) is 12.1 Å². The van der Waals surface area contributed by atoms with E-state index in [1.807, 2.05) is 24.3 Å². The second-order valence-electron chi connectivity index (χ2n) is 3.98. The predicted molar refractivity (Wildman–Crippen MR) is 71.2 cm³/mol. The zero-order chi connectivity index (χ0) is 12.4. The summed E-state index contributed by atoms with van der Waals surface area (Å²) in [6, 6.07) is 7.91. The van der Waals surface area contributed by atoms with Crippen molar-refractivity contribution in [1.29, 1.82) is 0 Å². The minimum absolute atomic E-state index is 0.574. The molecule has 3 aromatic rings. The topological polar surface area (TPSA) is 95.4 Å². The molecule has 2 aromatic heterocycles. The molecule has 18 heavy (non-hydrogen) atoms. The van der Waals surface area contributed by atoms with E-state index in [-0.39, 0.29) is 0 Å². The summed E-state index contributed by atoms with van der Waals surface area (Å²) in [4.78, 5) is 7.79. The molecule has 0 saturated carbocycles. The maximum absolute atomic E-state index is 5.48. The van der Waals surface area contributed by atoms with Crippen LogP contribution < -0.4 is 11.1 Å². The molecule has 0 aliphatic carbocycles. The van der Waals surface area contributed by atoms with E-state index >= 15 is 0 Å². The van der Waals surface area contributed by atoms with E-state index < -0.39 is 0 Å². The van der Waals surface area contributed by atoms with E-state index in [9.17, 15) is 0 Å². The average Bonchev–Trinajstić information content (AvgIpc) is 3.01. The summed E-state index contributed by atoms with van der Waals surface area (Å²) in [5, 5.41) is 10.2. The number of fused-ring (bicyclic) bond motifs is 1. The number of hydrogen-bond donors (Lipinski definition) is 4. The third kappa shape index (κ3) is 1.82. The fraction of sp³-hybridized carbons (Fsp3) is 0.167. The highest BCUT2D eigenvalue weighted by Gasteiger charge is 2.11. The van der Waals surface area contributed by atoms with Gasteiger partial charge in [-0.15, -0.1) is 0 Å². The molecule has 5 N–H and O–H groups in total. The molecule has 92 valence electrons. The van der Waals surface area contributed by atoms with E-state index in [1.165, 1.54) is 0 Å². The monoisotopic (exact) mass is 242 g/mol. The lowest BCUT2D eigenvalue weighted by molar-refractivity contribution is 1.02. The van der Waals surface area contributed by atoms with Crippen LogP contribution in [-0.4, -0.2) is 33.3 Å². The first kappa shape index (κ1) is 10.8. The van der Waals surface area contributed by atoms with Crippen LogP contribution >= 0.6 is 0 Å². The minimum atomic E-state index is 0.574. The summed E-state index contributed by atoms with van der Waals surface area (Å²) >= 11 is 0. The Labute approximate surface area is 104 Å². The second kappa shape index (κ2) is 4.50. The average molecular weight is 242 g/mol. The minimum Gasteiger partial charge on any atom is -0.381 e. The van der Waals surface area contributed by atoms with E-state index in [1.54, 1.807) is 6.20 Å². The Bertz CT molecular complexity index is 620. The summed E-state index contributed by atoms with van der Waals surface area (Å²) in [5.41, 5.74) is 9.17. The van der Waals surface area contributed by atoms with Gasteiger partial charge in [0.15, 0.2) is 5.82 Å². The molecule has 0 fully saturated rings. The maximum Gasteiger partial charge on any atom is 0.158 e. The smallest absolute Gasteiger partial charge is 0.158 e. The molecule has 1 aromatic carbocycles. The van der Waals surface area contributed by atoms with Gasteiger partial charge in [0.2, 0.25) is 0 Å². The number of nitrogens with zero attached hydrogens (tertiary/aromatic N) is 2. The molecule has 0 aliphatic heterocycles. The molecular formula is C12H14N6. The van der Waals surface area contributed by atoms with Crippen molar-refractivity contribution in [2.75, 3.05) is 18.4 Å². The molecule has 0 spiro atoms. The largest absolute Gasteiger partial charge is 0.381 e.